The second kappa shape index (κ2) is 10.5. The van der Waals surface area contributed by atoms with Gasteiger partial charge in [0, 0.05) is 16.6 Å². The van der Waals surface area contributed by atoms with Crippen LogP contribution in [0.25, 0.3) is 5.69 Å². The lowest BCUT2D eigenvalue weighted by Crippen LogP contribution is -2.32. The summed E-state index contributed by atoms with van der Waals surface area (Å²) in [4.78, 5) is 27.8. The average Bonchev–Trinajstić information content (AvgIpc) is 3.26. The van der Waals surface area contributed by atoms with Gasteiger partial charge in [0.1, 0.15) is 12.7 Å². The molecule has 0 saturated carbocycles. The van der Waals surface area contributed by atoms with Crippen molar-refractivity contribution in [2.45, 2.75) is 25.7 Å². The lowest BCUT2D eigenvalue weighted by molar-refractivity contribution is -0.124. The fourth-order valence-corrected chi connectivity index (χ4v) is 3.04. The Labute approximate surface area is 177 Å². The largest absolute Gasteiger partial charge is 0.347 e. The van der Waals surface area contributed by atoms with Crippen molar-refractivity contribution in [1.82, 2.24) is 20.1 Å². The van der Waals surface area contributed by atoms with E-state index < -0.39 is 0 Å². The number of carbonyl (C=O) groups excluding carboxylic acids is 2. The Kier molecular flexibility index (Phi) is 7.52. The highest BCUT2D eigenvalue weighted by Gasteiger charge is 2.07. The summed E-state index contributed by atoms with van der Waals surface area (Å²) in [5.74, 6) is -0.376. The van der Waals surface area contributed by atoms with Crippen LogP contribution in [0.5, 0.6) is 0 Å². The van der Waals surface area contributed by atoms with Crippen molar-refractivity contribution >= 4 is 33.4 Å². The van der Waals surface area contributed by atoms with Crippen LogP contribution in [0.4, 0.5) is 5.69 Å². The number of aromatic nitrogens is 3. The highest BCUT2D eigenvalue weighted by molar-refractivity contribution is 9.10. The van der Waals surface area contributed by atoms with Gasteiger partial charge in [-0.1, -0.05) is 28.1 Å². The molecule has 8 heteroatoms. The first-order chi connectivity index (χ1) is 14.1. The molecule has 0 radical (unpaired) electrons. The van der Waals surface area contributed by atoms with Gasteiger partial charge in [-0.2, -0.15) is 5.10 Å². The molecule has 0 aliphatic carbocycles. The molecular formula is C21H22BrN5O2. The first-order valence-electron chi connectivity index (χ1n) is 9.36. The third-order valence-electron chi connectivity index (χ3n) is 4.31. The number of hydrogen-bond donors (Lipinski definition) is 2. The predicted octanol–water partition coefficient (Wildman–Crippen LogP) is 3.50. The Morgan fingerprint density at radius 3 is 2.41 bits per heavy atom. The SMILES string of the molecule is O=C(CCCCc1ccc(Br)cc1)NCC(=O)Nc1ccc(-n2cncn2)cc1. The molecule has 2 aromatic carbocycles. The van der Waals surface area contributed by atoms with E-state index in [2.05, 4.69) is 48.8 Å². The van der Waals surface area contributed by atoms with Gasteiger partial charge in [-0.05, 0) is 61.2 Å². The number of carbonyl (C=O) groups is 2. The molecule has 0 atom stereocenters. The standard InChI is InChI=1S/C21H22BrN5O2/c22-17-7-5-16(6-8-17)3-1-2-4-20(28)24-13-21(29)26-18-9-11-19(12-10-18)27-15-23-14-25-27/h5-12,14-15H,1-4,13H2,(H,24,28)(H,26,29). The summed E-state index contributed by atoms with van der Waals surface area (Å²) in [5.41, 5.74) is 2.75. The van der Waals surface area contributed by atoms with Crippen LogP contribution in [0.3, 0.4) is 0 Å². The minimum atomic E-state index is -0.262. The maximum Gasteiger partial charge on any atom is 0.243 e. The molecule has 7 nitrogen and oxygen atoms in total. The Hall–Kier alpha value is -3.00. The van der Waals surface area contributed by atoms with E-state index in [9.17, 15) is 9.59 Å². The summed E-state index contributed by atoms with van der Waals surface area (Å²) in [5, 5.41) is 9.47. The van der Waals surface area contributed by atoms with E-state index in [1.54, 1.807) is 23.1 Å². The van der Waals surface area contributed by atoms with E-state index in [1.165, 1.54) is 11.9 Å². The summed E-state index contributed by atoms with van der Waals surface area (Å²) >= 11 is 3.42. The lowest BCUT2D eigenvalue weighted by Gasteiger charge is -2.08. The molecule has 1 aromatic heterocycles. The molecule has 2 amide bonds. The van der Waals surface area contributed by atoms with E-state index in [1.807, 2.05) is 24.3 Å². The summed E-state index contributed by atoms with van der Waals surface area (Å²) in [7, 11) is 0. The number of rotatable bonds is 9. The van der Waals surface area contributed by atoms with Crippen molar-refractivity contribution in [3.8, 4) is 5.69 Å². The minimum Gasteiger partial charge on any atom is -0.347 e. The summed E-state index contributed by atoms with van der Waals surface area (Å²) in [6, 6.07) is 15.4. The van der Waals surface area contributed by atoms with Crippen LogP contribution >= 0.6 is 15.9 Å². The van der Waals surface area contributed by atoms with E-state index in [0.29, 0.717) is 12.1 Å². The van der Waals surface area contributed by atoms with Crippen LogP contribution in [-0.4, -0.2) is 33.1 Å². The van der Waals surface area contributed by atoms with Crippen molar-refractivity contribution in [2.24, 2.45) is 0 Å². The number of aryl methyl sites for hydroxylation is 1. The van der Waals surface area contributed by atoms with Crippen LogP contribution in [0.15, 0.2) is 65.7 Å². The first kappa shape index (κ1) is 20.7. The van der Waals surface area contributed by atoms with E-state index >= 15 is 0 Å². The maximum absolute atomic E-state index is 12.0. The highest BCUT2D eigenvalue weighted by Crippen LogP contribution is 2.13. The van der Waals surface area contributed by atoms with Gasteiger partial charge in [0.05, 0.1) is 12.2 Å². The molecule has 0 saturated heterocycles. The monoisotopic (exact) mass is 455 g/mol. The summed E-state index contributed by atoms with van der Waals surface area (Å²) in [6.07, 6.45) is 6.12. The zero-order chi connectivity index (χ0) is 20.5. The number of halogens is 1. The van der Waals surface area contributed by atoms with Crippen LogP contribution < -0.4 is 10.6 Å². The Morgan fingerprint density at radius 2 is 1.72 bits per heavy atom. The Bertz CT molecular complexity index is 925. The van der Waals surface area contributed by atoms with Crippen molar-refractivity contribution in [3.63, 3.8) is 0 Å². The zero-order valence-electron chi connectivity index (χ0n) is 15.8. The van der Waals surface area contributed by atoms with Gasteiger partial charge in [-0.25, -0.2) is 9.67 Å². The number of hydrogen-bond acceptors (Lipinski definition) is 4. The minimum absolute atomic E-state index is 0.0453. The second-order valence-corrected chi connectivity index (χ2v) is 7.46. The molecular weight excluding hydrogens is 434 g/mol. The molecule has 3 aromatic rings. The average molecular weight is 456 g/mol. The molecule has 2 N–H and O–H groups in total. The van der Waals surface area contributed by atoms with Crippen LogP contribution in [-0.2, 0) is 16.0 Å². The predicted molar refractivity (Wildman–Crippen MR) is 115 cm³/mol. The molecule has 0 spiro atoms. The lowest BCUT2D eigenvalue weighted by atomic mass is 10.1. The number of unbranched alkanes of at least 4 members (excludes halogenated alkanes) is 1. The Morgan fingerprint density at radius 1 is 0.966 bits per heavy atom. The molecule has 150 valence electrons. The quantitative estimate of drug-likeness (QED) is 0.483. The normalized spacial score (nSPS) is 10.5. The van der Waals surface area contributed by atoms with Crippen LogP contribution in [0, 0.1) is 0 Å². The van der Waals surface area contributed by atoms with Gasteiger partial charge in [-0.15, -0.1) is 0 Å². The topological polar surface area (TPSA) is 88.9 Å². The van der Waals surface area contributed by atoms with E-state index in [4.69, 9.17) is 0 Å². The van der Waals surface area contributed by atoms with Crippen molar-refractivity contribution in [2.75, 3.05) is 11.9 Å². The first-order valence-corrected chi connectivity index (χ1v) is 10.2. The van der Waals surface area contributed by atoms with Crippen molar-refractivity contribution in [1.29, 1.82) is 0 Å². The number of amides is 2. The molecule has 0 bridgehead atoms. The highest BCUT2D eigenvalue weighted by atomic mass is 79.9. The summed E-state index contributed by atoms with van der Waals surface area (Å²) < 4.78 is 2.69. The van der Waals surface area contributed by atoms with Crippen molar-refractivity contribution in [3.05, 3.63) is 71.2 Å². The van der Waals surface area contributed by atoms with Gasteiger partial charge in [0.2, 0.25) is 11.8 Å². The number of nitrogens with zero attached hydrogens (tertiary/aromatic N) is 3. The molecule has 0 unspecified atom stereocenters. The zero-order valence-corrected chi connectivity index (χ0v) is 17.4. The fourth-order valence-electron chi connectivity index (χ4n) is 2.78. The third kappa shape index (κ3) is 6.83. The molecule has 3 rings (SSSR count). The summed E-state index contributed by atoms with van der Waals surface area (Å²) in [6.45, 7) is -0.0453. The van der Waals surface area contributed by atoms with Gasteiger partial charge < -0.3 is 10.6 Å². The van der Waals surface area contributed by atoms with Gasteiger partial charge in [0.25, 0.3) is 0 Å². The van der Waals surface area contributed by atoms with Gasteiger partial charge >= 0.3 is 0 Å². The third-order valence-corrected chi connectivity index (χ3v) is 4.84. The van der Waals surface area contributed by atoms with E-state index in [-0.39, 0.29) is 18.4 Å². The molecule has 1 heterocycles. The number of anilines is 1. The van der Waals surface area contributed by atoms with Crippen molar-refractivity contribution < 1.29 is 9.59 Å². The molecule has 0 aliphatic heterocycles. The van der Waals surface area contributed by atoms with Crippen LogP contribution in [0.2, 0.25) is 0 Å². The Balaban J connectivity index is 1.32. The molecule has 0 fully saturated rings. The van der Waals surface area contributed by atoms with Crippen LogP contribution in [0.1, 0.15) is 24.8 Å². The number of benzene rings is 2. The fraction of sp³-hybridized carbons (Fsp3) is 0.238. The molecule has 0 aliphatic rings. The van der Waals surface area contributed by atoms with Gasteiger partial charge in [-0.3, -0.25) is 9.59 Å². The second-order valence-electron chi connectivity index (χ2n) is 6.55. The molecule has 29 heavy (non-hydrogen) atoms. The number of nitrogens with one attached hydrogen (secondary N) is 2. The maximum atomic E-state index is 12.0. The van der Waals surface area contributed by atoms with Gasteiger partial charge in [0.15, 0.2) is 0 Å². The van der Waals surface area contributed by atoms with E-state index in [0.717, 1.165) is 29.4 Å². The smallest absolute Gasteiger partial charge is 0.243 e.